The highest BCUT2D eigenvalue weighted by atomic mass is 16.5. The van der Waals surface area contributed by atoms with E-state index < -0.39 is 0 Å². The minimum absolute atomic E-state index is 0.534. The lowest BCUT2D eigenvalue weighted by molar-refractivity contribution is -0.0495. The lowest BCUT2D eigenvalue weighted by Crippen LogP contribution is -2.56. The maximum Gasteiger partial charge on any atom is 0.0572 e. The Balaban J connectivity index is 1.48. The van der Waals surface area contributed by atoms with Gasteiger partial charge in [0, 0.05) is 25.2 Å². The molecule has 4 aliphatic rings. The van der Waals surface area contributed by atoms with Crippen LogP contribution in [-0.2, 0) is 4.74 Å². The van der Waals surface area contributed by atoms with Gasteiger partial charge in [0.05, 0.1) is 6.10 Å². The molecule has 2 heteroatoms. The number of fused-ring (bicyclic) bond motifs is 1. The topological polar surface area (TPSA) is 12.5 Å². The van der Waals surface area contributed by atoms with Gasteiger partial charge in [-0.25, -0.2) is 0 Å². The third-order valence-electron chi connectivity index (χ3n) is 9.25. The molecule has 0 aromatic rings. The molecule has 4 fully saturated rings. The minimum Gasteiger partial charge on any atom is -0.381 e. The Hall–Kier alpha value is -0.0800. The molecule has 0 spiro atoms. The molecule has 162 valence electrons. The monoisotopic (exact) mass is 389 g/mol. The summed E-state index contributed by atoms with van der Waals surface area (Å²) in [6, 6.07) is 2.66. The lowest BCUT2D eigenvalue weighted by Gasteiger charge is -2.53. The van der Waals surface area contributed by atoms with Crippen LogP contribution in [0.25, 0.3) is 0 Å². The van der Waals surface area contributed by atoms with Crippen molar-refractivity contribution in [2.75, 3.05) is 7.11 Å². The van der Waals surface area contributed by atoms with Gasteiger partial charge in [0.15, 0.2) is 0 Å². The average Bonchev–Trinajstić information content (AvgIpc) is 2.76. The molecule has 0 bridgehead atoms. The molecule has 0 N–H and O–H groups in total. The van der Waals surface area contributed by atoms with E-state index in [0.29, 0.717) is 6.10 Å². The van der Waals surface area contributed by atoms with Crippen LogP contribution < -0.4 is 0 Å². The SMILES string of the molecule is CCCC1CCC(N(C2CCC(OC)CC2)C2CCCC3CCCCC32)CC1. The summed E-state index contributed by atoms with van der Waals surface area (Å²) in [5, 5.41) is 0. The highest BCUT2D eigenvalue weighted by molar-refractivity contribution is 4.97. The Morgan fingerprint density at radius 3 is 2.04 bits per heavy atom. The van der Waals surface area contributed by atoms with Gasteiger partial charge >= 0.3 is 0 Å². The first-order chi connectivity index (χ1) is 13.8. The Kier molecular flexibility index (Phi) is 7.78. The summed E-state index contributed by atoms with van der Waals surface area (Å²) in [6.07, 6.45) is 25.4. The maximum absolute atomic E-state index is 5.72. The van der Waals surface area contributed by atoms with Gasteiger partial charge in [0.25, 0.3) is 0 Å². The van der Waals surface area contributed by atoms with Gasteiger partial charge in [0.2, 0.25) is 0 Å². The predicted molar refractivity (Wildman–Crippen MR) is 119 cm³/mol. The summed E-state index contributed by atoms with van der Waals surface area (Å²) in [5.74, 6) is 3.11. The quantitative estimate of drug-likeness (QED) is 0.486. The summed E-state index contributed by atoms with van der Waals surface area (Å²) >= 11 is 0. The molecule has 0 radical (unpaired) electrons. The van der Waals surface area contributed by atoms with Crippen LogP contribution >= 0.6 is 0 Å². The van der Waals surface area contributed by atoms with Gasteiger partial charge in [-0.05, 0) is 82.0 Å². The Morgan fingerprint density at radius 2 is 1.36 bits per heavy atom. The summed E-state index contributed by atoms with van der Waals surface area (Å²) in [5.41, 5.74) is 0. The van der Waals surface area contributed by atoms with Gasteiger partial charge < -0.3 is 4.74 Å². The largest absolute Gasteiger partial charge is 0.381 e. The van der Waals surface area contributed by atoms with Crippen LogP contribution in [0.15, 0.2) is 0 Å². The first-order valence-electron chi connectivity index (χ1n) is 13.1. The van der Waals surface area contributed by atoms with Crippen LogP contribution in [0.4, 0.5) is 0 Å². The number of hydrogen-bond donors (Lipinski definition) is 0. The first kappa shape index (κ1) is 21.2. The number of nitrogens with zero attached hydrogens (tertiary/aromatic N) is 1. The van der Waals surface area contributed by atoms with Gasteiger partial charge in [-0.3, -0.25) is 4.90 Å². The fourth-order valence-corrected chi connectivity index (χ4v) is 7.83. The van der Waals surface area contributed by atoms with Crippen molar-refractivity contribution in [2.24, 2.45) is 17.8 Å². The zero-order valence-electron chi connectivity index (χ0n) is 18.9. The molecule has 3 unspecified atom stereocenters. The fourth-order valence-electron chi connectivity index (χ4n) is 7.83. The van der Waals surface area contributed by atoms with E-state index in [1.165, 1.54) is 109 Å². The highest BCUT2D eigenvalue weighted by Crippen LogP contribution is 2.46. The molecule has 0 saturated heterocycles. The van der Waals surface area contributed by atoms with Crippen molar-refractivity contribution in [1.82, 2.24) is 4.90 Å². The predicted octanol–water partition coefficient (Wildman–Crippen LogP) is 6.96. The Labute approximate surface area is 175 Å². The molecule has 0 heterocycles. The van der Waals surface area contributed by atoms with Crippen molar-refractivity contribution in [3.05, 3.63) is 0 Å². The third-order valence-corrected chi connectivity index (χ3v) is 9.25. The fraction of sp³-hybridized carbons (Fsp3) is 1.00. The summed E-state index contributed by atoms with van der Waals surface area (Å²) < 4.78 is 5.72. The Morgan fingerprint density at radius 1 is 0.714 bits per heavy atom. The molecule has 4 rings (SSSR count). The summed E-state index contributed by atoms with van der Waals surface area (Å²) in [7, 11) is 1.92. The summed E-state index contributed by atoms with van der Waals surface area (Å²) in [4.78, 5) is 3.19. The Bertz CT molecular complexity index is 447. The maximum atomic E-state index is 5.72. The minimum atomic E-state index is 0.534. The molecular formula is C26H47NO. The average molecular weight is 390 g/mol. The zero-order valence-corrected chi connectivity index (χ0v) is 18.9. The van der Waals surface area contributed by atoms with Crippen LogP contribution in [0, 0.1) is 17.8 Å². The van der Waals surface area contributed by atoms with Crippen LogP contribution in [0.3, 0.4) is 0 Å². The molecule has 0 aliphatic heterocycles. The smallest absolute Gasteiger partial charge is 0.0572 e. The van der Waals surface area contributed by atoms with E-state index in [2.05, 4.69) is 11.8 Å². The molecule has 2 nitrogen and oxygen atoms in total. The molecule has 0 amide bonds. The first-order valence-corrected chi connectivity index (χ1v) is 13.1. The molecule has 4 aliphatic carbocycles. The van der Waals surface area contributed by atoms with Crippen LogP contribution in [0.2, 0.25) is 0 Å². The zero-order chi connectivity index (χ0) is 19.3. The van der Waals surface area contributed by atoms with Crippen molar-refractivity contribution in [3.8, 4) is 0 Å². The molecule has 4 saturated carbocycles. The molecular weight excluding hydrogens is 342 g/mol. The molecule has 0 aromatic carbocycles. The van der Waals surface area contributed by atoms with E-state index in [-0.39, 0.29) is 0 Å². The second-order valence-corrected chi connectivity index (χ2v) is 10.8. The van der Waals surface area contributed by atoms with Crippen molar-refractivity contribution in [3.63, 3.8) is 0 Å². The number of ether oxygens (including phenoxy) is 1. The second-order valence-electron chi connectivity index (χ2n) is 10.8. The van der Waals surface area contributed by atoms with E-state index in [4.69, 9.17) is 4.74 Å². The van der Waals surface area contributed by atoms with Gasteiger partial charge in [-0.2, -0.15) is 0 Å². The molecule has 28 heavy (non-hydrogen) atoms. The number of hydrogen-bond acceptors (Lipinski definition) is 2. The van der Waals surface area contributed by atoms with E-state index in [1.807, 2.05) is 7.11 Å². The van der Waals surface area contributed by atoms with Crippen LogP contribution in [0.1, 0.15) is 116 Å². The molecule has 3 atom stereocenters. The second kappa shape index (κ2) is 10.3. The van der Waals surface area contributed by atoms with Crippen molar-refractivity contribution in [2.45, 2.75) is 140 Å². The van der Waals surface area contributed by atoms with E-state index in [0.717, 1.165) is 35.9 Å². The van der Waals surface area contributed by atoms with Crippen molar-refractivity contribution in [1.29, 1.82) is 0 Å². The standard InChI is InChI=1S/C26H47NO/c1-3-7-20-12-14-22(15-13-20)27(23-16-18-24(28-2)19-17-23)26-11-6-9-21-8-4-5-10-25(21)26/h20-26H,3-19H2,1-2H3. The van der Waals surface area contributed by atoms with E-state index in [1.54, 1.807) is 0 Å². The van der Waals surface area contributed by atoms with E-state index >= 15 is 0 Å². The van der Waals surface area contributed by atoms with Crippen LogP contribution in [-0.4, -0.2) is 36.2 Å². The number of methoxy groups -OCH3 is 1. The third kappa shape index (κ3) is 4.80. The van der Waals surface area contributed by atoms with Gasteiger partial charge in [-0.15, -0.1) is 0 Å². The lowest BCUT2D eigenvalue weighted by atomic mass is 9.66. The van der Waals surface area contributed by atoms with Crippen LogP contribution in [0.5, 0.6) is 0 Å². The van der Waals surface area contributed by atoms with Crippen molar-refractivity contribution >= 4 is 0 Å². The van der Waals surface area contributed by atoms with Gasteiger partial charge in [-0.1, -0.05) is 51.9 Å². The molecule has 0 aromatic heterocycles. The van der Waals surface area contributed by atoms with Crippen molar-refractivity contribution < 1.29 is 4.74 Å². The summed E-state index contributed by atoms with van der Waals surface area (Å²) in [6.45, 7) is 2.37. The van der Waals surface area contributed by atoms with E-state index in [9.17, 15) is 0 Å². The number of rotatable bonds is 6. The van der Waals surface area contributed by atoms with Gasteiger partial charge in [0.1, 0.15) is 0 Å². The normalized spacial score (nSPS) is 42.3. The highest BCUT2D eigenvalue weighted by Gasteiger charge is 2.43.